The van der Waals surface area contributed by atoms with Crippen molar-refractivity contribution in [2.45, 2.75) is 25.7 Å². The fourth-order valence-corrected chi connectivity index (χ4v) is 3.82. The Morgan fingerprint density at radius 1 is 1.12 bits per heavy atom. The average molecular weight is 458 g/mol. The van der Waals surface area contributed by atoms with Crippen molar-refractivity contribution < 1.29 is 18.7 Å². The highest BCUT2D eigenvalue weighted by atomic mass is 32.2. The topological polar surface area (TPSA) is 82.3 Å². The maximum absolute atomic E-state index is 12.9. The summed E-state index contributed by atoms with van der Waals surface area (Å²) in [4.78, 5) is 37.5. The molecule has 168 valence electrons. The second-order valence-corrected chi connectivity index (χ2v) is 8.16. The lowest BCUT2D eigenvalue weighted by molar-refractivity contribution is -0.150. The number of amides is 1. The van der Waals surface area contributed by atoms with Gasteiger partial charge < -0.3 is 10.1 Å². The van der Waals surface area contributed by atoms with Gasteiger partial charge in [0, 0.05) is 12.8 Å². The number of carbonyl (C=O) groups is 2. The van der Waals surface area contributed by atoms with Gasteiger partial charge in [-0.05, 0) is 43.7 Å². The van der Waals surface area contributed by atoms with E-state index < -0.39 is 18.0 Å². The third-order valence-electron chi connectivity index (χ3n) is 4.88. The molecule has 0 spiro atoms. The molecule has 3 aromatic rings. The number of hydrogen-bond donors (Lipinski definition) is 1. The lowest BCUT2D eigenvalue weighted by atomic mass is 10.2. The van der Waals surface area contributed by atoms with Crippen molar-refractivity contribution in [2.75, 3.05) is 11.1 Å². The number of ether oxygens (including phenoxy) is 1. The van der Waals surface area contributed by atoms with Gasteiger partial charge in [0.1, 0.15) is 11.5 Å². The number of benzene rings is 2. The zero-order valence-corrected chi connectivity index (χ0v) is 18.8. The second kappa shape index (κ2) is 10.3. The number of nitrogens with zero attached hydrogens (tertiary/aromatic N) is 2. The standard InChI is InChI=1S/C23H24FN3O4S/c1-15-21(23(30)27(26(15)3)19-7-5-4-6-8-19)25-22(29)16(2)31-20(28)14-32-13-17-9-11-18(24)12-10-17/h4-12,16H,13-14H2,1-3H3,(H,25,29)/t16-/m0/s1. The minimum Gasteiger partial charge on any atom is -0.452 e. The van der Waals surface area contributed by atoms with Crippen LogP contribution in [0.4, 0.5) is 10.1 Å². The molecule has 0 aliphatic carbocycles. The maximum Gasteiger partial charge on any atom is 0.316 e. The normalized spacial score (nSPS) is 11.8. The molecular weight excluding hydrogens is 433 g/mol. The summed E-state index contributed by atoms with van der Waals surface area (Å²) in [7, 11) is 1.72. The van der Waals surface area contributed by atoms with Crippen LogP contribution in [0.5, 0.6) is 0 Å². The number of rotatable bonds is 8. The van der Waals surface area contributed by atoms with Crippen molar-refractivity contribution in [3.63, 3.8) is 0 Å². The highest BCUT2D eigenvalue weighted by Gasteiger charge is 2.23. The predicted molar refractivity (Wildman–Crippen MR) is 122 cm³/mol. The van der Waals surface area contributed by atoms with Gasteiger partial charge in [0.2, 0.25) is 0 Å². The molecule has 1 N–H and O–H groups in total. The van der Waals surface area contributed by atoms with Gasteiger partial charge in [0.05, 0.1) is 17.1 Å². The first-order chi connectivity index (χ1) is 15.3. The van der Waals surface area contributed by atoms with Crippen LogP contribution in [0.25, 0.3) is 5.69 Å². The van der Waals surface area contributed by atoms with Crippen LogP contribution < -0.4 is 10.9 Å². The molecule has 0 unspecified atom stereocenters. The van der Waals surface area contributed by atoms with E-state index in [2.05, 4.69) is 5.32 Å². The minimum absolute atomic E-state index is 0.0418. The molecule has 0 saturated carbocycles. The molecular formula is C23H24FN3O4S. The molecule has 0 aliphatic heterocycles. The van der Waals surface area contributed by atoms with Crippen LogP contribution in [0.3, 0.4) is 0 Å². The van der Waals surface area contributed by atoms with Crippen LogP contribution in [0.15, 0.2) is 59.4 Å². The van der Waals surface area contributed by atoms with Gasteiger partial charge >= 0.3 is 5.97 Å². The van der Waals surface area contributed by atoms with E-state index in [4.69, 9.17) is 4.74 Å². The summed E-state index contributed by atoms with van der Waals surface area (Å²) in [6, 6.07) is 15.1. The Bertz CT molecular complexity index is 1160. The molecule has 9 heteroatoms. The third kappa shape index (κ3) is 5.47. The Morgan fingerprint density at radius 3 is 2.44 bits per heavy atom. The van der Waals surface area contributed by atoms with Gasteiger partial charge in [-0.1, -0.05) is 30.3 Å². The first-order valence-corrected chi connectivity index (χ1v) is 11.1. The van der Waals surface area contributed by atoms with Crippen LogP contribution in [0, 0.1) is 12.7 Å². The highest BCUT2D eigenvalue weighted by Crippen LogP contribution is 2.16. The van der Waals surface area contributed by atoms with E-state index in [1.807, 2.05) is 18.2 Å². The quantitative estimate of drug-likeness (QED) is 0.524. The molecule has 1 atom stereocenters. The number of esters is 1. The van der Waals surface area contributed by atoms with E-state index in [9.17, 15) is 18.8 Å². The summed E-state index contributed by atoms with van der Waals surface area (Å²) in [5.74, 6) is -0.903. The maximum atomic E-state index is 12.9. The molecule has 0 saturated heterocycles. The van der Waals surface area contributed by atoms with Gasteiger partial charge in [0.25, 0.3) is 11.5 Å². The molecule has 2 aromatic carbocycles. The molecule has 1 amide bonds. The average Bonchev–Trinajstić information content (AvgIpc) is 2.98. The first kappa shape index (κ1) is 23.3. The van der Waals surface area contributed by atoms with Gasteiger partial charge in [-0.3, -0.25) is 19.1 Å². The number of para-hydroxylation sites is 1. The zero-order valence-electron chi connectivity index (χ0n) is 18.0. The molecule has 7 nitrogen and oxygen atoms in total. The van der Waals surface area contributed by atoms with Crippen molar-refractivity contribution in [3.8, 4) is 5.69 Å². The smallest absolute Gasteiger partial charge is 0.316 e. The second-order valence-electron chi connectivity index (χ2n) is 7.18. The van der Waals surface area contributed by atoms with E-state index in [-0.39, 0.29) is 22.8 Å². The van der Waals surface area contributed by atoms with Crippen LogP contribution >= 0.6 is 11.8 Å². The summed E-state index contributed by atoms with van der Waals surface area (Å²) in [6.07, 6.45) is -1.07. The Kier molecular flexibility index (Phi) is 7.53. The van der Waals surface area contributed by atoms with E-state index in [1.54, 1.807) is 42.9 Å². The highest BCUT2D eigenvalue weighted by molar-refractivity contribution is 7.99. The summed E-state index contributed by atoms with van der Waals surface area (Å²) in [6.45, 7) is 3.17. The lowest BCUT2D eigenvalue weighted by Crippen LogP contribution is -2.32. The Balaban J connectivity index is 1.58. The molecule has 0 bridgehead atoms. The van der Waals surface area contributed by atoms with Crippen LogP contribution in [0.2, 0.25) is 0 Å². The van der Waals surface area contributed by atoms with Crippen LogP contribution in [-0.2, 0) is 27.1 Å². The number of hydrogen-bond acceptors (Lipinski definition) is 5. The molecule has 0 radical (unpaired) electrons. The third-order valence-corrected chi connectivity index (χ3v) is 5.86. The summed E-state index contributed by atoms with van der Waals surface area (Å²) in [5.41, 5.74) is 1.87. The Hall–Kier alpha value is -3.33. The van der Waals surface area contributed by atoms with Crippen molar-refractivity contribution in [1.29, 1.82) is 0 Å². The molecule has 3 rings (SSSR count). The lowest BCUT2D eigenvalue weighted by Gasteiger charge is -2.13. The van der Waals surface area contributed by atoms with Crippen LogP contribution in [-0.4, -0.2) is 33.1 Å². The van der Waals surface area contributed by atoms with E-state index in [0.717, 1.165) is 5.56 Å². The summed E-state index contributed by atoms with van der Waals surface area (Å²) < 4.78 is 21.2. The number of aromatic nitrogens is 2. The van der Waals surface area contributed by atoms with E-state index in [0.29, 0.717) is 17.1 Å². The first-order valence-electron chi connectivity index (χ1n) is 9.94. The van der Waals surface area contributed by atoms with Crippen LogP contribution in [0.1, 0.15) is 18.2 Å². The molecule has 0 aliphatic rings. The number of nitrogens with one attached hydrogen (secondary N) is 1. The van der Waals surface area contributed by atoms with Crippen molar-refractivity contribution >= 4 is 29.3 Å². The largest absolute Gasteiger partial charge is 0.452 e. The van der Waals surface area contributed by atoms with E-state index >= 15 is 0 Å². The Labute approximate surface area is 189 Å². The van der Waals surface area contributed by atoms with Gasteiger partial charge in [-0.2, -0.15) is 0 Å². The zero-order chi connectivity index (χ0) is 23.3. The van der Waals surface area contributed by atoms with Crippen molar-refractivity contribution in [1.82, 2.24) is 9.36 Å². The summed E-state index contributed by atoms with van der Waals surface area (Å²) >= 11 is 1.30. The number of carbonyl (C=O) groups excluding carboxylic acids is 2. The molecule has 1 heterocycles. The van der Waals surface area contributed by atoms with Crippen molar-refractivity contribution in [3.05, 3.63) is 82.0 Å². The Morgan fingerprint density at radius 2 is 1.78 bits per heavy atom. The molecule has 0 fully saturated rings. The minimum atomic E-state index is -1.07. The number of halogens is 1. The van der Waals surface area contributed by atoms with Gasteiger partial charge in [-0.25, -0.2) is 9.07 Å². The predicted octanol–water partition coefficient (Wildman–Crippen LogP) is 3.43. The molecule has 32 heavy (non-hydrogen) atoms. The molecule has 1 aromatic heterocycles. The van der Waals surface area contributed by atoms with Gasteiger partial charge in [0.15, 0.2) is 6.10 Å². The van der Waals surface area contributed by atoms with E-state index in [1.165, 1.54) is 35.5 Å². The fourth-order valence-electron chi connectivity index (χ4n) is 3.05. The fraction of sp³-hybridized carbons (Fsp3) is 0.261. The van der Waals surface area contributed by atoms with Gasteiger partial charge in [-0.15, -0.1) is 11.8 Å². The monoisotopic (exact) mass is 457 g/mol. The SMILES string of the molecule is Cc1c(NC(=O)[C@H](C)OC(=O)CSCc2ccc(F)cc2)c(=O)n(-c2ccccc2)n1C. The number of thioether (sulfide) groups is 1. The van der Waals surface area contributed by atoms with Crippen molar-refractivity contribution in [2.24, 2.45) is 7.05 Å². The summed E-state index contributed by atoms with van der Waals surface area (Å²) in [5, 5.41) is 2.59. The number of anilines is 1.